The maximum Gasteiger partial charge on any atom is 0.355 e. The molecule has 0 bridgehead atoms. The van der Waals surface area contributed by atoms with E-state index in [0.29, 0.717) is 10.6 Å². The van der Waals surface area contributed by atoms with E-state index in [4.69, 9.17) is 9.47 Å². The quantitative estimate of drug-likeness (QED) is 0.460. The highest BCUT2D eigenvalue weighted by Crippen LogP contribution is 2.31. The lowest BCUT2D eigenvalue weighted by Crippen LogP contribution is -2.03. The van der Waals surface area contributed by atoms with Crippen LogP contribution < -0.4 is 9.47 Å². The average Bonchev–Trinajstić information content (AvgIpc) is 2.76. The van der Waals surface area contributed by atoms with Gasteiger partial charge in [-0.2, -0.15) is 0 Å². The monoisotopic (exact) mass is 427 g/mol. The van der Waals surface area contributed by atoms with Crippen molar-refractivity contribution >= 4 is 29.5 Å². The van der Waals surface area contributed by atoms with E-state index < -0.39 is 5.97 Å². The molecule has 1 aromatic heterocycles. The molecule has 3 rings (SSSR count). The lowest BCUT2D eigenvalue weighted by Gasteiger charge is -2.09. The summed E-state index contributed by atoms with van der Waals surface area (Å²) in [5.41, 5.74) is 2.33. The molecule has 3 aromatic rings. The first-order chi connectivity index (χ1) is 14.1. The van der Waals surface area contributed by atoms with Gasteiger partial charge in [-0.3, -0.25) is 0 Å². The van der Waals surface area contributed by atoms with Crippen LogP contribution in [-0.4, -0.2) is 30.3 Å². The molecule has 7 heteroatoms. The zero-order valence-corrected chi connectivity index (χ0v) is 17.8. The number of carbonyl (C=O) groups is 1. The van der Waals surface area contributed by atoms with Crippen LogP contribution in [0.15, 0.2) is 70.6 Å². The number of rotatable bonds is 9. The molecule has 0 radical (unpaired) electrons. The van der Waals surface area contributed by atoms with Gasteiger partial charge in [-0.1, -0.05) is 24.3 Å². The SMILES string of the molecule is COc1ccc(CSc2cnc(C(=O)O)c(SCc3ccc(OC)cc3)c2)cc1. The highest BCUT2D eigenvalue weighted by atomic mass is 32.2. The fourth-order valence-electron chi connectivity index (χ4n) is 2.55. The summed E-state index contributed by atoms with van der Waals surface area (Å²) in [7, 11) is 3.27. The molecule has 0 unspecified atom stereocenters. The molecule has 1 N–H and O–H groups in total. The molecule has 5 nitrogen and oxygen atoms in total. The summed E-state index contributed by atoms with van der Waals surface area (Å²) >= 11 is 3.09. The van der Waals surface area contributed by atoms with E-state index in [1.54, 1.807) is 32.2 Å². The van der Waals surface area contributed by atoms with Crippen molar-refractivity contribution in [2.45, 2.75) is 21.3 Å². The summed E-state index contributed by atoms with van der Waals surface area (Å²) in [6.07, 6.45) is 1.62. The van der Waals surface area contributed by atoms with Crippen LogP contribution in [0.1, 0.15) is 21.6 Å². The number of ether oxygens (including phenoxy) is 2. The van der Waals surface area contributed by atoms with Crippen molar-refractivity contribution in [1.82, 2.24) is 4.98 Å². The summed E-state index contributed by atoms with van der Waals surface area (Å²) in [5, 5.41) is 9.47. The van der Waals surface area contributed by atoms with Crippen LogP contribution in [0.3, 0.4) is 0 Å². The fraction of sp³-hybridized carbons (Fsp3) is 0.182. The number of benzene rings is 2. The molecule has 0 amide bonds. The maximum atomic E-state index is 11.6. The zero-order valence-electron chi connectivity index (χ0n) is 16.1. The van der Waals surface area contributed by atoms with Crippen LogP contribution in [-0.2, 0) is 11.5 Å². The minimum atomic E-state index is -1.02. The Hall–Kier alpha value is -2.64. The maximum absolute atomic E-state index is 11.6. The van der Waals surface area contributed by atoms with Crippen molar-refractivity contribution in [2.75, 3.05) is 14.2 Å². The molecule has 0 fully saturated rings. The smallest absolute Gasteiger partial charge is 0.355 e. The number of nitrogens with zero attached hydrogens (tertiary/aromatic N) is 1. The lowest BCUT2D eigenvalue weighted by molar-refractivity contribution is 0.0686. The normalized spacial score (nSPS) is 10.6. The van der Waals surface area contributed by atoms with Gasteiger partial charge in [0, 0.05) is 27.5 Å². The Balaban J connectivity index is 1.69. The van der Waals surface area contributed by atoms with E-state index in [9.17, 15) is 9.90 Å². The van der Waals surface area contributed by atoms with Gasteiger partial charge in [0.15, 0.2) is 5.69 Å². The van der Waals surface area contributed by atoms with Crippen molar-refractivity contribution < 1.29 is 19.4 Å². The summed E-state index contributed by atoms with van der Waals surface area (Å²) < 4.78 is 10.3. The van der Waals surface area contributed by atoms with Crippen molar-refractivity contribution in [1.29, 1.82) is 0 Å². The Kier molecular flexibility index (Phi) is 7.43. The second kappa shape index (κ2) is 10.2. The number of thioether (sulfide) groups is 2. The van der Waals surface area contributed by atoms with Crippen molar-refractivity contribution in [3.63, 3.8) is 0 Å². The van der Waals surface area contributed by atoms with E-state index >= 15 is 0 Å². The average molecular weight is 428 g/mol. The van der Waals surface area contributed by atoms with Gasteiger partial charge in [0.25, 0.3) is 0 Å². The topological polar surface area (TPSA) is 68.7 Å². The van der Waals surface area contributed by atoms with E-state index in [1.807, 2.05) is 54.6 Å². The summed E-state index contributed by atoms with van der Waals surface area (Å²) in [4.78, 5) is 17.3. The number of aromatic carboxylic acids is 1. The summed E-state index contributed by atoms with van der Waals surface area (Å²) in [6.45, 7) is 0. The molecule has 0 aliphatic heterocycles. The van der Waals surface area contributed by atoms with E-state index in [-0.39, 0.29) is 5.69 Å². The first-order valence-corrected chi connectivity index (χ1v) is 10.8. The van der Waals surface area contributed by atoms with Gasteiger partial charge in [0.1, 0.15) is 11.5 Å². The molecule has 150 valence electrons. The van der Waals surface area contributed by atoms with Crippen LogP contribution >= 0.6 is 23.5 Å². The highest BCUT2D eigenvalue weighted by molar-refractivity contribution is 7.99. The van der Waals surface area contributed by atoms with E-state index in [2.05, 4.69) is 4.98 Å². The first kappa shape index (κ1) is 21.1. The highest BCUT2D eigenvalue weighted by Gasteiger charge is 2.14. The number of carboxylic acids is 1. The molecule has 1 heterocycles. The second-order valence-corrected chi connectivity index (χ2v) is 8.16. The minimum Gasteiger partial charge on any atom is -0.497 e. The minimum absolute atomic E-state index is 0.0808. The Morgan fingerprint density at radius 3 is 1.90 bits per heavy atom. The largest absolute Gasteiger partial charge is 0.497 e. The molecule has 0 aliphatic carbocycles. The molecule has 2 aromatic carbocycles. The Bertz CT molecular complexity index is 960. The van der Waals surface area contributed by atoms with Crippen LogP contribution in [0, 0.1) is 0 Å². The third kappa shape index (κ3) is 5.92. The molecule has 0 spiro atoms. The number of hydrogen-bond donors (Lipinski definition) is 1. The summed E-state index contributed by atoms with van der Waals surface area (Å²) in [5.74, 6) is 2.01. The second-order valence-electron chi connectivity index (χ2n) is 6.10. The van der Waals surface area contributed by atoms with Gasteiger partial charge in [0.2, 0.25) is 0 Å². The number of hydrogen-bond acceptors (Lipinski definition) is 6. The molecular formula is C22H21NO4S2. The first-order valence-electron chi connectivity index (χ1n) is 8.84. The lowest BCUT2D eigenvalue weighted by atomic mass is 10.2. The summed E-state index contributed by atoms with van der Waals surface area (Å²) in [6, 6.07) is 17.5. The van der Waals surface area contributed by atoms with Gasteiger partial charge in [-0.05, 0) is 41.5 Å². The number of carboxylic acid groups (broad SMARTS) is 1. The zero-order chi connectivity index (χ0) is 20.6. The number of methoxy groups -OCH3 is 2. The molecular weight excluding hydrogens is 406 g/mol. The van der Waals surface area contributed by atoms with Crippen LogP contribution in [0.4, 0.5) is 0 Å². The molecule has 0 atom stereocenters. The predicted molar refractivity (Wildman–Crippen MR) is 116 cm³/mol. The van der Waals surface area contributed by atoms with Gasteiger partial charge in [-0.25, -0.2) is 9.78 Å². The number of pyridine rings is 1. The Labute approximate surface area is 178 Å². The third-order valence-electron chi connectivity index (χ3n) is 4.15. The van der Waals surface area contributed by atoms with Crippen LogP contribution in [0.5, 0.6) is 11.5 Å². The van der Waals surface area contributed by atoms with Gasteiger partial charge in [0.05, 0.1) is 14.2 Å². The third-order valence-corrected chi connectivity index (χ3v) is 6.28. The van der Waals surface area contributed by atoms with Crippen LogP contribution in [0.25, 0.3) is 0 Å². The van der Waals surface area contributed by atoms with Crippen LogP contribution in [0.2, 0.25) is 0 Å². The molecule has 0 saturated heterocycles. The number of aromatic nitrogens is 1. The molecule has 0 saturated carbocycles. The fourth-order valence-corrected chi connectivity index (χ4v) is 4.48. The Morgan fingerprint density at radius 2 is 1.41 bits per heavy atom. The van der Waals surface area contributed by atoms with E-state index in [1.165, 1.54) is 11.8 Å². The van der Waals surface area contributed by atoms with Crippen molar-refractivity contribution in [3.05, 3.63) is 77.6 Å². The standard InChI is InChI=1S/C22H21NO4S2/c1-26-17-7-3-15(4-8-17)13-28-19-11-20(21(22(24)25)23-12-19)29-14-16-5-9-18(27-2)10-6-16/h3-12H,13-14H2,1-2H3,(H,24,25). The van der Waals surface area contributed by atoms with Gasteiger partial charge in [-0.15, -0.1) is 23.5 Å². The molecule has 29 heavy (non-hydrogen) atoms. The molecule has 0 aliphatic rings. The van der Waals surface area contributed by atoms with Crippen molar-refractivity contribution in [2.24, 2.45) is 0 Å². The van der Waals surface area contributed by atoms with Crippen molar-refractivity contribution in [3.8, 4) is 11.5 Å². The Morgan fingerprint density at radius 1 is 0.897 bits per heavy atom. The van der Waals surface area contributed by atoms with E-state index in [0.717, 1.165) is 33.3 Å². The predicted octanol–water partition coefficient (Wildman–Crippen LogP) is 5.38. The van der Waals surface area contributed by atoms with Gasteiger partial charge >= 0.3 is 5.97 Å². The van der Waals surface area contributed by atoms with Gasteiger partial charge < -0.3 is 14.6 Å².